The van der Waals surface area contributed by atoms with Gasteiger partial charge in [-0.25, -0.2) is 19.5 Å². The number of benzene rings is 1. The van der Waals surface area contributed by atoms with E-state index in [0.717, 1.165) is 12.3 Å². The fraction of sp³-hybridized carbons (Fsp3) is 0.0714. The molecule has 2 aromatic heterocycles. The molecular formula is C14H6F4N6. The van der Waals surface area contributed by atoms with Gasteiger partial charge in [0.2, 0.25) is 0 Å². The summed E-state index contributed by atoms with van der Waals surface area (Å²) in [6.45, 7) is 0. The first kappa shape index (κ1) is 15.5. The van der Waals surface area contributed by atoms with Crippen molar-refractivity contribution in [1.82, 2.24) is 25.4 Å². The predicted octanol–water partition coefficient (Wildman–Crippen LogP) is 2.96. The number of H-pyrrole nitrogens is 1. The van der Waals surface area contributed by atoms with E-state index in [4.69, 9.17) is 5.26 Å². The Morgan fingerprint density at radius 1 is 1.17 bits per heavy atom. The molecule has 0 aliphatic rings. The van der Waals surface area contributed by atoms with Crippen LogP contribution in [0, 0.1) is 17.1 Å². The molecule has 0 spiro atoms. The number of rotatable bonds is 2. The molecule has 24 heavy (non-hydrogen) atoms. The molecule has 0 saturated carbocycles. The van der Waals surface area contributed by atoms with Gasteiger partial charge in [0, 0.05) is 11.8 Å². The summed E-state index contributed by atoms with van der Waals surface area (Å²) < 4.78 is 52.3. The van der Waals surface area contributed by atoms with Crippen LogP contribution in [0.2, 0.25) is 0 Å². The number of alkyl halides is 3. The summed E-state index contributed by atoms with van der Waals surface area (Å²) in [6, 6.07) is 6.08. The van der Waals surface area contributed by atoms with E-state index in [1.54, 1.807) is 0 Å². The Hall–Kier alpha value is -3.35. The zero-order chi connectivity index (χ0) is 17.3. The third-order valence-electron chi connectivity index (χ3n) is 3.09. The zero-order valence-corrected chi connectivity index (χ0v) is 11.6. The Morgan fingerprint density at radius 3 is 2.67 bits per heavy atom. The molecule has 1 N–H and O–H groups in total. The van der Waals surface area contributed by atoms with Crippen LogP contribution in [0.1, 0.15) is 11.4 Å². The van der Waals surface area contributed by atoms with Crippen LogP contribution in [-0.4, -0.2) is 25.4 Å². The van der Waals surface area contributed by atoms with Crippen molar-refractivity contribution in [2.45, 2.75) is 6.18 Å². The van der Waals surface area contributed by atoms with Crippen LogP contribution in [-0.2, 0) is 6.18 Å². The number of halogens is 4. The van der Waals surface area contributed by atoms with Crippen molar-refractivity contribution in [2.75, 3.05) is 0 Å². The Balaban J connectivity index is 2.13. The molecule has 0 aliphatic heterocycles. The van der Waals surface area contributed by atoms with Crippen LogP contribution in [0.5, 0.6) is 0 Å². The normalized spacial score (nSPS) is 11.3. The highest BCUT2D eigenvalue weighted by Gasteiger charge is 2.33. The molecule has 10 heteroatoms. The molecule has 1 aromatic carbocycles. The van der Waals surface area contributed by atoms with Gasteiger partial charge in [-0.3, -0.25) is 0 Å². The average molecular weight is 334 g/mol. The van der Waals surface area contributed by atoms with Crippen molar-refractivity contribution >= 4 is 0 Å². The minimum atomic E-state index is -4.67. The van der Waals surface area contributed by atoms with Crippen LogP contribution < -0.4 is 0 Å². The van der Waals surface area contributed by atoms with Crippen molar-refractivity contribution < 1.29 is 17.6 Å². The van der Waals surface area contributed by atoms with E-state index in [2.05, 4.69) is 25.4 Å². The molecule has 120 valence electrons. The highest BCUT2D eigenvalue weighted by molar-refractivity contribution is 5.70. The van der Waals surface area contributed by atoms with E-state index in [1.807, 2.05) is 6.07 Å². The smallest absolute Gasteiger partial charge is 0.247 e. The predicted molar refractivity (Wildman–Crippen MR) is 72.5 cm³/mol. The lowest BCUT2D eigenvalue weighted by atomic mass is 10.1. The number of hydrogen-bond donors (Lipinski definition) is 1. The maximum atomic E-state index is 14.0. The summed E-state index contributed by atoms with van der Waals surface area (Å²) in [4.78, 5) is 7.04. The number of aromatic amines is 1. The summed E-state index contributed by atoms with van der Waals surface area (Å²) in [6.07, 6.45) is -3.78. The Labute approximate surface area is 131 Å². The topological polar surface area (TPSA) is 91.1 Å². The van der Waals surface area contributed by atoms with Crippen LogP contribution in [0.3, 0.4) is 0 Å². The Morgan fingerprint density at radius 2 is 1.96 bits per heavy atom. The van der Waals surface area contributed by atoms with Gasteiger partial charge in [0.05, 0.1) is 5.56 Å². The van der Waals surface area contributed by atoms with Crippen molar-refractivity contribution in [3.8, 4) is 28.7 Å². The highest BCUT2D eigenvalue weighted by atomic mass is 19.4. The minimum Gasteiger partial charge on any atom is -0.247 e. The second-order valence-corrected chi connectivity index (χ2v) is 4.61. The van der Waals surface area contributed by atoms with E-state index < -0.39 is 23.5 Å². The van der Waals surface area contributed by atoms with Gasteiger partial charge < -0.3 is 0 Å². The zero-order valence-electron chi connectivity index (χ0n) is 11.6. The third kappa shape index (κ3) is 2.79. The maximum absolute atomic E-state index is 14.0. The molecule has 0 aliphatic carbocycles. The number of aromatic nitrogens is 5. The van der Waals surface area contributed by atoms with Crippen LogP contribution >= 0.6 is 0 Å². The van der Waals surface area contributed by atoms with E-state index in [9.17, 15) is 17.6 Å². The van der Waals surface area contributed by atoms with Crippen LogP contribution in [0.4, 0.5) is 17.6 Å². The van der Waals surface area contributed by atoms with Gasteiger partial charge in [-0.15, -0.1) is 5.10 Å². The average Bonchev–Trinajstić information content (AvgIpc) is 3.03. The first-order valence-electron chi connectivity index (χ1n) is 6.42. The first-order chi connectivity index (χ1) is 11.4. The van der Waals surface area contributed by atoms with Gasteiger partial charge in [0.25, 0.3) is 0 Å². The monoisotopic (exact) mass is 334 g/mol. The maximum Gasteiger partial charge on any atom is 0.433 e. The largest absolute Gasteiger partial charge is 0.433 e. The van der Waals surface area contributed by atoms with E-state index in [0.29, 0.717) is 6.07 Å². The molecule has 0 amide bonds. The molecule has 3 aromatic rings. The lowest BCUT2D eigenvalue weighted by molar-refractivity contribution is -0.141. The molecule has 0 atom stereocenters. The second-order valence-electron chi connectivity index (χ2n) is 4.61. The standard InChI is InChI=1S/C14H6F4N6/c15-9-2-1-7(12-10(6-19)22-24-23-12)5-8(9)13-20-4-3-11(21-13)14(16,17)18/h1-5H,(H,22,23,24). The molecule has 6 nitrogen and oxygen atoms in total. The Kier molecular flexibility index (Phi) is 3.69. The highest BCUT2D eigenvalue weighted by Crippen LogP contribution is 2.31. The SMILES string of the molecule is N#Cc1[nH]nnc1-c1ccc(F)c(-c2nccc(C(F)(F)F)n2)c1. The Bertz CT molecular complexity index is 941. The number of nitrogens with zero attached hydrogens (tertiary/aromatic N) is 5. The molecule has 0 radical (unpaired) electrons. The van der Waals surface area contributed by atoms with E-state index in [1.165, 1.54) is 12.1 Å². The fourth-order valence-electron chi connectivity index (χ4n) is 2.00. The quantitative estimate of drug-likeness (QED) is 0.728. The summed E-state index contributed by atoms with van der Waals surface area (Å²) in [5.41, 5.74) is -0.956. The van der Waals surface area contributed by atoms with Crippen molar-refractivity contribution in [3.63, 3.8) is 0 Å². The lowest BCUT2D eigenvalue weighted by Crippen LogP contribution is -2.09. The second kappa shape index (κ2) is 5.69. The van der Waals surface area contributed by atoms with Gasteiger partial charge in [-0.1, -0.05) is 5.21 Å². The van der Waals surface area contributed by atoms with Crippen molar-refractivity contribution in [2.24, 2.45) is 0 Å². The first-order valence-corrected chi connectivity index (χ1v) is 6.42. The summed E-state index contributed by atoms with van der Waals surface area (Å²) in [5.74, 6) is -1.23. The fourth-order valence-corrected chi connectivity index (χ4v) is 2.00. The van der Waals surface area contributed by atoms with E-state index in [-0.39, 0.29) is 22.5 Å². The summed E-state index contributed by atoms with van der Waals surface area (Å²) >= 11 is 0. The van der Waals surface area contributed by atoms with Gasteiger partial charge >= 0.3 is 6.18 Å². The molecule has 2 heterocycles. The van der Waals surface area contributed by atoms with Crippen molar-refractivity contribution in [3.05, 3.63) is 47.7 Å². The molecule has 0 unspecified atom stereocenters. The number of hydrogen-bond acceptors (Lipinski definition) is 5. The van der Waals surface area contributed by atoms with Crippen LogP contribution in [0.15, 0.2) is 30.5 Å². The van der Waals surface area contributed by atoms with Gasteiger partial charge in [0.1, 0.15) is 23.3 Å². The number of nitriles is 1. The molecule has 3 rings (SSSR count). The molecule has 0 bridgehead atoms. The lowest BCUT2D eigenvalue weighted by Gasteiger charge is -2.08. The molecular weight excluding hydrogens is 328 g/mol. The van der Waals surface area contributed by atoms with Gasteiger partial charge in [0.15, 0.2) is 11.5 Å². The molecule has 0 saturated heterocycles. The summed E-state index contributed by atoms with van der Waals surface area (Å²) in [5, 5.41) is 18.5. The minimum absolute atomic E-state index is 0.0394. The van der Waals surface area contributed by atoms with Crippen molar-refractivity contribution in [1.29, 1.82) is 5.26 Å². The van der Waals surface area contributed by atoms with Gasteiger partial charge in [-0.2, -0.15) is 18.4 Å². The van der Waals surface area contributed by atoms with Gasteiger partial charge in [-0.05, 0) is 24.3 Å². The summed E-state index contributed by atoms with van der Waals surface area (Å²) in [7, 11) is 0. The van der Waals surface area contributed by atoms with E-state index >= 15 is 0 Å². The molecule has 0 fully saturated rings. The van der Waals surface area contributed by atoms with Crippen LogP contribution in [0.25, 0.3) is 22.6 Å². The third-order valence-corrected chi connectivity index (χ3v) is 3.09. The number of nitrogens with one attached hydrogen (secondary N) is 1.